The first-order valence-electron chi connectivity index (χ1n) is 7.88. The number of hydrogen-bond acceptors (Lipinski definition) is 3. The van der Waals surface area contributed by atoms with Gasteiger partial charge in [0.1, 0.15) is 0 Å². The standard InChI is InChI=1S/C15H25N3O2/c16-12-4-1-3-11(12)7-14(20)18-6-2-5-15(10-18)8-13(19)17-9-15/h11-12H,1-10,16H2,(H,17,19)/t11-,12+,15?/m0/s1. The summed E-state index contributed by atoms with van der Waals surface area (Å²) >= 11 is 0. The van der Waals surface area contributed by atoms with E-state index in [0.717, 1.165) is 51.7 Å². The van der Waals surface area contributed by atoms with Crippen LogP contribution in [0.15, 0.2) is 0 Å². The molecule has 5 nitrogen and oxygen atoms in total. The number of carbonyl (C=O) groups excluding carboxylic acids is 2. The van der Waals surface area contributed by atoms with Gasteiger partial charge in [-0.15, -0.1) is 0 Å². The first-order valence-corrected chi connectivity index (χ1v) is 7.88. The molecule has 112 valence electrons. The van der Waals surface area contributed by atoms with Gasteiger partial charge in [-0.3, -0.25) is 9.59 Å². The van der Waals surface area contributed by atoms with Gasteiger partial charge in [-0.25, -0.2) is 0 Å². The van der Waals surface area contributed by atoms with E-state index in [2.05, 4.69) is 5.32 Å². The monoisotopic (exact) mass is 279 g/mol. The average molecular weight is 279 g/mol. The normalized spacial score (nSPS) is 37.5. The Morgan fingerprint density at radius 2 is 2.25 bits per heavy atom. The van der Waals surface area contributed by atoms with Crippen LogP contribution in [0.1, 0.15) is 44.9 Å². The summed E-state index contributed by atoms with van der Waals surface area (Å²) in [5, 5.41) is 2.92. The van der Waals surface area contributed by atoms with Crippen LogP contribution in [-0.4, -0.2) is 42.4 Å². The molecule has 0 aromatic rings. The number of nitrogens with one attached hydrogen (secondary N) is 1. The van der Waals surface area contributed by atoms with Gasteiger partial charge < -0.3 is 16.0 Å². The van der Waals surface area contributed by atoms with Crippen LogP contribution in [0.5, 0.6) is 0 Å². The summed E-state index contributed by atoms with van der Waals surface area (Å²) in [6.07, 6.45) is 6.54. The molecule has 3 rings (SSSR count). The van der Waals surface area contributed by atoms with Gasteiger partial charge in [0.15, 0.2) is 0 Å². The summed E-state index contributed by atoms with van der Waals surface area (Å²) in [5.41, 5.74) is 6.07. The maximum absolute atomic E-state index is 12.5. The molecule has 2 amide bonds. The highest BCUT2D eigenvalue weighted by molar-refractivity contribution is 5.80. The van der Waals surface area contributed by atoms with Gasteiger partial charge in [-0.1, -0.05) is 6.42 Å². The van der Waals surface area contributed by atoms with Gasteiger partial charge in [-0.05, 0) is 31.6 Å². The zero-order valence-electron chi connectivity index (χ0n) is 12.1. The van der Waals surface area contributed by atoms with Crippen LogP contribution in [0, 0.1) is 11.3 Å². The third-order valence-electron chi connectivity index (χ3n) is 5.36. The lowest BCUT2D eigenvalue weighted by Crippen LogP contribution is -2.47. The molecule has 2 heterocycles. The maximum Gasteiger partial charge on any atom is 0.222 e. The minimum Gasteiger partial charge on any atom is -0.355 e. The fourth-order valence-electron chi connectivity index (χ4n) is 4.13. The highest BCUT2D eigenvalue weighted by Crippen LogP contribution is 2.37. The summed E-state index contributed by atoms with van der Waals surface area (Å²) in [7, 11) is 0. The third-order valence-corrected chi connectivity index (χ3v) is 5.36. The van der Waals surface area contributed by atoms with Crippen molar-refractivity contribution in [1.29, 1.82) is 0 Å². The fraction of sp³-hybridized carbons (Fsp3) is 0.867. The molecule has 3 N–H and O–H groups in total. The number of amides is 2. The minimum atomic E-state index is 0.00276. The van der Waals surface area contributed by atoms with Crippen molar-refractivity contribution in [3.05, 3.63) is 0 Å². The zero-order chi connectivity index (χ0) is 14.2. The number of carbonyl (C=O) groups is 2. The molecule has 2 aliphatic heterocycles. The van der Waals surface area contributed by atoms with Crippen LogP contribution >= 0.6 is 0 Å². The van der Waals surface area contributed by atoms with Gasteiger partial charge in [-0.2, -0.15) is 0 Å². The van der Waals surface area contributed by atoms with E-state index < -0.39 is 0 Å². The number of rotatable bonds is 2. The number of likely N-dealkylation sites (tertiary alicyclic amines) is 1. The molecule has 5 heteroatoms. The van der Waals surface area contributed by atoms with E-state index in [1.54, 1.807) is 0 Å². The smallest absolute Gasteiger partial charge is 0.222 e. The zero-order valence-corrected chi connectivity index (χ0v) is 12.1. The van der Waals surface area contributed by atoms with Crippen molar-refractivity contribution in [2.45, 2.75) is 51.0 Å². The number of nitrogens with zero attached hydrogens (tertiary/aromatic N) is 1. The summed E-state index contributed by atoms with van der Waals surface area (Å²) in [4.78, 5) is 26.0. The molecule has 1 saturated carbocycles. The molecule has 1 unspecified atom stereocenters. The van der Waals surface area contributed by atoms with Crippen LogP contribution in [0.3, 0.4) is 0 Å². The highest BCUT2D eigenvalue weighted by Gasteiger charge is 2.43. The molecule has 20 heavy (non-hydrogen) atoms. The van der Waals surface area contributed by atoms with Crippen LogP contribution < -0.4 is 11.1 Å². The Balaban J connectivity index is 1.59. The van der Waals surface area contributed by atoms with E-state index in [1.165, 1.54) is 0 Å². The Morgan fingerprint density at radius 3 is 2.90 bits per heavy atom. The first kappa shape index (κ1) is 13.9. The van der Waals surface area contributed by atoms with Crippen LogP contribution in [0.25, 0.3) is 0 Å². The van der Waals surface area contributed by atoms with Crippen LogP contribution in [-0.2, 0) is 9.59 Å². The van der Waals surface area contributed by atoms with Crippen LogP contribution in [0.4, 0.5) is 0 Å². The Kier molecular flexibility index (Phi) is 3.71. The van der Waals surface area contributed by atoms with Gasteiger partial charge in [0.2, 0.25) is 11.8 Å². The number of hydrogen-bond donors (Lipinski definition) is 2. The minimum absolute atomic E-state index is 0.00276. The van der Waals surface area contributed by atoms with E-state index in [-0.39, 0.29) is 23.3 Å². The van der Waals surface area contributed by atoms with Crippen molar-refractivity contribution < 1.29 is 9.59 Å². The molecule has 3 fully saturated rings. The summed E-state index contributed by atoms with van der Waals surface area (Å²) < 4.78 is 0. The molecule has 0 aromatic heterocycles. The van der Waals surface area contributed by atoms with Crippen molar-refractivity contribution >= 4 is 11.8 Å². The van der Waals surface area contributed by atoms with E-state index in [1.807, 2.05) is 4.90 Å². The molecule has 0 bridgehead atoms. The first-order chi connectivity index (χ1) is 9.58. The molecule has 0 radical (unpaired) electrons. The van der Waals surface area contributed by atoms with Gasteiger partial charge >= 0.3 is 0 Å². The van der Waals surface area contributed by atoms with Crippen LogP contribution in [0.2, 0.25) is 0 Å². The summed E-state index contributed by atoms with van der Waals surface area (Å²) in [6, 6.07) is 0.201. The van der Waals surface area contributed by atoms with E-state index in [4.69, 9.17) is 5.73 Å². The van der Waals surface area contributed by atoms with Crippen molar-refractivity contribution in [3.63, 3.8) is 0 Å². The van der Waals surface area contributed by atoms with Crippen molar-refractivity contribution in [1.82, 2.24) is 10.2 Å². The Morgan fingerprint density at radius 1 is 1.40 bits per heavy atom. The van der Waals surface area contributed by atoms with Crippen molar-refractivity contribution in [3.8, 4) is 0 Å². The molecule has 2 saturated heterocycles. The molecule has 0 aromatic carbocycles. The molecule has 1 aliphatic carbocycles. The Labute approximate surface area is 120 Å². The van der Waals surface area contributed by atoms with Crippen molar-refractivity contribution in [2.75, 3.05) is 19.6 Å². The Hall–Kier alpha value is -1.10. The van der Waals surface area contributed by atoms with Crippen molar-refractivity contribution in [2.24, 2.45) is 17.1 Å². The maximum atomic E-state index is 12.5. The SMILES string of the molecule is N[C@@H]1CCC[C@H]1CC(=O)N1CCCC2(CNC(=O)C2)C1. The second kappa shape index (κ2) is 5.35. The van der Waals surface area contributed by atoms with E-state index in [0.29, 0.717) is 18.8 Å². The van der Waals surface area contributed by atoms with Gasteiger partial charge in [0.05, 0.1) is 0 Å². The predicted octanol–water partition coefficient (Wildman–Crippen LogP) is 0.633. The second-order valence-electron chi connectivity index (χ2n) is 6.93. The second-order valence-corrected chi connectivity index (χ2v) is 6.93. The predicted molar refractivity (Wildman–Crippen MR) is 75.8 cm³/mol. The largest absolute Gasteiger partial charge is 0.355 e. The lowest BCUT2D eigenvalue weighted by Gasteiger charge is -2.39. The summed E-state index contributed by atoms with van der Waals surface area (Å²) in [6.45, 7) is 2.32. The number of nitrogens with two attached hydrogens (primary N) is 1. The van der Waals surface area contributed by atoms with Gasteiger partial charge in [0.25, 0.3) is 0 Å². The van der Waals surface area contributed by atoms with E-state index >= 15 is 0 Å². The molecule has 3 aliphatic rings. The van der Waals surface area contributed by atoms with E-state index in [9.17, 15) is 9.59 Å². The molecular formula is C15H25N3O2. The highest BCUT2D eigenvalue weighted by atomic mass is 16.2. The fourth-order valence-corrected chi connectivity index (χ4v) is 4.13. The molecule has 1 spiro atoms. The third kappa shape index (κ3) is 2.68. The Bertz CT molecular complexity index is 412. The average Bonchev–Trinajstić information content (AvgIpc) is 2.97. The lowest BCUT2D eigenvalue weighted by molar-refractivity contribution is -0.136. The summed E-state index contributed by atoms with van der Waals surface area (Å²) in [5.74, 6) is 0.742. The topological polar surface area (TPSA) is 75.4 Å². The molecular weight excluding hydrogens is 254 g/mol. The number of piperidine rings is 1. The quantitative estimate of drug-likeness (QED) is 0.778. The molecule has 3 atom stereocenters. The lowest BCUT2D eigenvalue weighted by atomic mass is 9.79. The van der Waals surface area contributed by atoms with Gasteiger partial charge in [0, 0.05) is 43.9 Å².